The normalized spacial score (nSPS) is 10.1. The van der Waals surface area contributed by atoms with Crippen LogP contribution in [-0.2, 0) is 5.75 Å². The molecule has 0 amide bonds. The Bertz CT molecular complexity index is 260. The highest BCUT2D eigenvalue weighted by atomic mass is 32.2. The summed E-state index contributed by atoms with van der Waals surface area (Å²) < 4.78 is 0.875. The standard InChI is InChI=1S/C8H12N2S4/c1-12-8(11)10-2-4-13-6-7-9-3-5-14-7/h3,5H,2,4,6H2,1H3,(H,10,11). The van der Waals surface area contributed by atoms with Crippen LogP contribution >= 0.6 is 47.1 Å². The number of hydrogen-bond acceptors (Lipinski definition) is 5. The summed E-state index contributed by atoms with van der Waals surface area (Å²) in [4.78, 5) is 4.21. The molecule has 6 heteroatoms. The van der Waals surface area contributed by atoms with E-state index in [1.165, 1.54) is 5.01 Å². The van der Waals surface area contributed by atoms with Crippen molar-refractivity contribution in [1.29, 1.82) is 0 Å². The Hall–Kier alpha value is 0.220. The smallest absolute Gasteiger partial charge is 0.133 e. The van der Waals surface area contributed by atoms with Crippen molar-refractivity contribution < 1.29 is 0 Å². The lowest BCUT2D eigenvalue weighted by molar-refractivity contribution is 1.01. The molecule has 0 saturated heterocycles. The summed E-state index contributed by atoms with van der Waals surface area (Å²) in [7, 11) is 0. The van der Waals surface area contributed by atoms with E-state index in [0.29, 0.717) is 0 Å². The van der Waals surface area contributed by atoms with Crippen LogP contribution in [0, 0.1) is 0 Å². The molecule has 0 aliphatic heterocycles. The molecule has 0 unspecified atom stereocenters. The second kappa shape index (κ2) is 7.50. The summed E-state index contributed by atoms with van der Waals surface area (Å²) >= 11 is 10.2. The Labute approximate surface area is 102 Å². The van der Waals surface area contributed by atoms with Gasteiger partial charge in [-0.05, 0) is 6.26 Å². The first-order valence-electron chi connectivity index (χ1n) is 4.11. The number of thiazole rings is 1. The maximum absolute atomic E-state index is 5.02. The molecule has 0 spiro atoms. The molecule has 0 fully saturated rings. The second-order valence-electron chi connectivity index (χ2n) is 2.40. The third-order valence-corrected chi connectivity index (χ3v) is 4.50. The Kier molecular flexibility index (Phi) is 6.59. The Balaban J connectivity index is 1.97. The summed E-state index contributed by atoms with van der Waals surface area (Å²) in [5, 5.41) is 6.38. The third kappa shape index (κ3) is 5.19. The van der Waals surface area contributed by atoms with Gasteiger partial charge in [-0.15, -0.1) is 23.1 Å². The molecule has 0 saturated carbocycles. The fraction of sp³-hybridized carbons (Fsp3) is 0.500. The molecule has 0 aliphatic rings. The van der Waals surface area contributed by atoms with Crippen molar-refractivity contribution in [3.05, 3.63) is 16.6 Å². The number of thiocarbonyl (C=S) groups is 1. The highest BCUT2D eigenvalue weighted by Crippen LogP contribution is 2.13. The van der Waals surface area contributed by atoms with Crippen molar-refractivity contribution in [1.82, 2.24) is 10.3 Å². The van der Waals surface area contributed by atoms with Crippen molar-refractivity contribution in [2.45, 2.75) is 5.75 Å². The molecule has 78 valence electrons. The molecule has 1 heterocycles. The number of thioether (sulfide) groups is 2. The Morgan fingerprint density at radius 2 is 2.57 bits per heavy atom. The Morgan fingerprint density at radius 3 is 3.21 bits per heavy atom. The fourth-order valence-corrected chi connectivity index (χ4v) is 2.69. The number of rotatable bonds is 5. The molecule has 2 nitrogen and oxygen atoms in total. The second-order valence-corrected chi connectivity index (χ2v) is 5.96. The van der Waals surface area contributed by atoms with Crippen LogP contribution in [0.25, 0.3) is 0 Å². The summed E-state index contributed by atoms with van der Waals surface area (Å²) in [6, 6.07) is 0. The van der Waals surface area contributed by atoms with Crippen LogP contribution in [-0.4, -0.2) is 27.9 Å². The van der Waals surface area contributed by atoms with Crippen molar-refractivity contribution in [2.24, 2.45) is 0 Å². The van der Waals surface area contributed by atoms with Gasteiger partial charge in [-0.2, -0.15) is 11.8 Å². The van der Waals surface area contributed by atoms with Crippen molar-refractivity contribution >= 4 is 51.4 Å². The first-order valence-corrected chi connectivity index (χ1v) is 7.77. The highest BCUT2D eigenvalue weighted by molar-refractivity contribution is 8.22. The van der Waals surface area contributed by atoms with E-state index in [9.17, 15) is 0 Å². The van der Waals surface area contributed by atoms with Gasteiger partial charge in [-0.1, -0.05) is 12.2 Å². The van der Waals surface area contributed by atoms with E-state index in [2.05, 4.69) is 10.3 Å². The molecule has 0 bridgehead atoms. The molecule has 0 aliphatic carbocycles. The van der Waals surface area contributed by atoms with Gasteiger partial charge < -0.3 is 5.32 Å². The van der Waals surface area contributed by atoms with E-state index in [1.54, 1.807) is 23.1 Å². The van der Waals surface area contributed by atoms with Crippen molar-refractivity contribution in [3.8, 4) is 0 Å². The zero-order valence-electron chi connectivity index (χ0n) is 7.86. The van der Waals surface area contributed by atoms with Gasteiger partial charge in [0, 0.05) is 29.6 Å². The van der Waals surface area contributed by atoms with E-state index < -0.39 is 0 Å². The molecule has 14 heavy (non-hydrogen) atoms. The van der Waals surface area contributed by atoms with E-state index in [1.807, 2.05) is 29.6 Å². The highest BCUT2D eigenvalue weighted by Gasteiger charge is 1.96. The fourth-order valence-electron chi connectivity index (χ4n) is 0.781. The van der Waals surface area contributed by atoms with E-state index in [4.69, 9.17) is 12.2 Å². The first-order chi connectivity index (χ1) is 6.83. The summed E-state index contributed by atoms with van der Waals surface area (Å²) in [6.07, 6.45) is 3.83. The monoisotopic (exact) mass is 264 g/mol. The lowest BCUT2D eigenvalue weighted by atomic mass is 10.8. The zero-order valence-corrected chi connectivity index (χ0v) is 11.1. The van der Waals surface area contributed by atoms with Crippen LogP contribution < -0.4 is 5.32 Å². The molecule has 0 aromatic carbocycles. The van der Waals surface area contributed by atoms with Crippen LogP contribution in [0.15, 0.2) is 11.6 Å². The molecule has 1 N–H and O–H groups in total. The van der Waals surface area contributed by atoms with Gasteiger partial charge in [-0.3, -0.25) is 0 Å². The predicted octanol–water partition coefficient (Wildman–Crippen LogP) is 2.61. The summed E-state index contributed by atoms with van der Waals surface area (Å²) in [6.45, 7) is 0.940. The van der Waals surface area contributed by atoms with Crippen molar-refractivity contribution in [2.75, 3.05) is 18.6 Å². The molecular weight excluding hydrogens is 252 g/mol. The molecule has 1 aromatic heterocycles. The van der Waals surface area contributed by atoms with Crippen LogP contribution in [0.3, 0.4) is 0 Å². The minimum absolute atomic E-state index is 0.875. The summed E-state index contributed by atoms with van der Waals surface area (Å²) in [5.41, 5.74) is 0. The molecular formula is C8H12N2S4. The topological polar surface area (TPSA) is 24.9 Å². The predicted molar refractivity (Wildman–Crippen MR) is 72.4 cm³/mol. The minimum Gasteiger partial charge on any atom is -0.370 e. The number of nitrogens with zero attached hydrogens (tertiary/aromatic N) is 1. The van der Waals surface area contributed by atoms with Crippen LogP contribution in [0.1, 0.15) is 5.01 Å². The number of aromatic nitrogens is 1. The van der Waals surface area contributed by atoms with Gasteiger partial charge in [-0.25, -0.2) is 4.98 Å². The Morgan fingerprint density at radius 1 is 1.71 bits per heavy atom. The van der Waals surface area contributed by atoms with Crippen molar-refractivity contribution in [3.63, 3.8) is 0 Å². The van der Waals surface area contributed by atoms with Crippen LogP contribution in [0.5, 0.6) is 0 Å². The minimum atomic E-state index is 0.875. The molecule has 0 atom stereocenters. The molecule has 1 rings (SSSR count). The largest absolute Gasteiger partial charge is 0.370 e. The maximum atomic E-state index is 5.02. The summed E-state index contributed by atoms with van der Waals surface area (Å²) in [5.74, 6) is 2.08. The third-order valence-electron chi connectivity index (χ3n) is 1.41. The quantitative estimate of drug-likeness (QED) is 0.651. The number of nitrogens with one attached hydrogen (secondary N) is 1. The maximum Gasteiger partial charge on any atom is 0.133 e. The van der Waals surface area contributed by atoms with Gasteiger partial charge in [0.1, 0.15) is 9.33 Å². The zero-order chi connectivity index (χ0) is 10.2. The lowest BCUT2D eigenvalue weighted by Gasteiger charge is -2.03. The SMILES string of the molecule is CSC(=S)NCCSCc1nccs1. The first kappa shape index (κ1) is 12.3. The van der Waals surface area contributed by atoms with Gasteiger partial charge in [0.2, 0.25) is 0 Å². The van der Waals surface area contributed by atoms with Gasteiger partial charge in [0.15, 0.2) is 0 Å². The van der Waals surface area contributed by atoms with Crippen LogP contribution in [0.4, 0.5) is 0 Å². The van der Waals surface area contributed by atoms with Gasteiger partial charge >= 0.3 is 0 Å². The molecule has 1 aromatic rings. The molecule has 0 radical (unpaired) electrons. The van der Waals surface area contributed by atoms with Gasteiger partial charge in [0.25, 0.3) is 0 Å². The van der Waals surface area contributed by atoms with E-state index in [0.717, 1.165) is 22.4 Å². The number of hydrogen-bond donors (Lipinski definition) is 1. The van der Waals surface area contributed by atoms with E-state index in [-0.39, 0.29) is 0 Å². The van der Waals surface area contributed by atoms with Gasteiger partial charge in [0.05, 0.1) is 0 Å². The average Bonchev–Trinajstić information content (AvgIpc) is 2.69. The van der Waals surface area contributed by atoms with Crippen LogP contribution in [0.2, 0.25) is 0 Å². The lowest BCUT2D eigenvalue weighted by Crippen LogP contribution is -2.20. The average molecular weight is 264 g/mol. The van der Waals surface area contributed by atoms with E-state index >= 15 is 0 Å².